The molecule has 0 saturated heterocycles. The molecule has 1 aromatic carbocycles. The number of rotatable bonds is 1. The van der Waals surface area contributed by atoms with E-state index in [4.69, 9.17) is 0 Å². The largest absolute Gasteiger partial charge is 0.293 e. The molecule has 19 heavy (non-hydrogen) atoms. The van der Waals surface area contributed by atoms with Gasteiger partial charge in [0.1, 0.15) is 0 Å². The molecule has 1 aliphatic rings. The number of thioether (sulfide) groups is 1. The van der Waals surface area contributed by atoms with E-state index in [1.165, 1.54) is 5.70 Å². The fourth-order valence-electron chi connectivity index (χ4n) is 1.82. The average Bonchev–Trinajstić information content (AvgIpc) is 2.81. The highest BCUT2D eigenvalue weighted by Crippen LogP contribution is 2.34. The van der Waals surface area contributed by atoms with Crippen LogP contribution < -0.4 is 5.43 Å². The second-order valence-electron chi connectivity index (χ2n) is 5.52. The van der Waals surface area contributed by atoms with E-state index < -0.39 is 0 Å². The highest BCUT2D eigenvalue weighted by Gasteiger charge is 2.24. The molecule has 3 rings (SSSR count). The predicted molar refractivity (Wildman–Crippen MR) is 78.2 cm³/mol. The molecule has 0 amide bonds. The van der Waals surface area contributed by atoms with Crippen molar-refractivity contribution < 1.29 is 0 Å². The van der Waals surface area contributed by atoms with Crippen LogP contribution in [0.3, 0.4) is 0 Å². The number of fused-ring (bicyclic) bond motifs is 1. The van der Waals surface area contributed by atoms with Crippen LogP contribution in [0.4, 0.5) is 0 Å². The summed E-state index contributed by atoms with van der Waals surface area (Å²) >= 11 is 1.60. The highest BCUT2D eigenvalue weighted by atomic mass is 32.2. The van der Waals surface area contributed by atoms with Crippen LogP contribution in [0, 0.1) is 5.41 Å². The quantitative estimate of drug-likeness (QED) is 0.863. The number of aromatic nitrogens is 3. The maximum atomic E-state index is 4.28. The molecule has 1 aliphatic heterocycles. The highest BCUT2D eigenvalue weighted by molar-refractivity contribution is 8.02. The van der Waals surface area contributed by atoms with Gasteiger partial charge in [-0.2, -0.15) is 0 Å². The van der Waals surface area contributed by atoms with E-state index in [1.807, 2.05) is 35.0 Å². The van der Waals surface area contributed by atoms with Crippen molar-refractivity contribution in [3.05, 3.63) is 41.4 Å². The van der Waals surface area contributed by atoms with Gasteiger partial charge in [-0.1, -0.05) is 62.9 Å². The smallest absolute Gasteiger partial charge is 0.214 e. The van der Waals surface area contributed by atoms with E-state index in [0.717, 1.165) is 16.5 Å². The molecular weight excluding hydrogens is 256 g/mol. The molecule has 0 spiro atoms. The number of nitrogens with one attached hydrogen (secondary N) is 1. The molecule has 1 N–H and O–H groups in total. The summed E-state index contributed by atoms with van der Waals surface area (Å²) in [6.07, 6.45) is 0. The molecule has 5 heteroatoms. The Bertz CT molecular complexity index is 623. The lowest BCUT2D eigenvalue weighted by atomic mass is 9.93. The van der Waals surface area contributed by atoms with Crippen molar-refractivity contribution >= 4 is 11.8 Å². The third kappa shape index (κ3) is 2.26. The summed E-state index contributed by atoms with van der Waals surface area (Å²) in [4.78, 5) is 0. The Morgan fingerprint density at radius 3 is 2.53 bits per heavy atom. The van der Waals surface area contributed by atoms with Crippen LogP contribution in [0.15, 0.2) is 46.6 Å². The first-order valence-electron chi connectivity index (χ1n) is 6.21. The third-order valence-corrected chi connectivity index (χ3v) is 3.82. The summed E-state index contributed by atoms with van der Waals surface area (Å²) in [6, 6.07) is 10.1. The van der Waals surface area contributed by atoms with E-state index in [1.54, 1.807) is 11.8 Å². The lowest BCUT2D eigenvalue weighted by molar-refractivity contribution is 0.491. The summed E-state index contributed by atoms with van der Waals surface area (Å²) in [5.41, 5.74) is 5.72. The van der Waals surface area contributed by atoms with E-state index in [0.29, 0.717) is 0 Å². The maximum absolute atomic E-state index is 4.28. The summed E-state index contributed by atoms with van der Waals surface area (Å²) < 4.78 is 1.96. The van der Waals surface area contributed by atoms with Crippen molar-refractivity contribution in [1.29, 1.82) is 0 Å². The van der Waals surface area contributed by atoms with Gasteiger partial charge in [-0.3, -0.25) is 5.43 Å². The molecule has 0 bridgehead atoms. The first-order valence-corrected chi connectivity index (χ1v) is 7.09. The summed E-state index contributed by atoms with van der Waals surface area (Å²) in [7, 11) is 0. The molecule has 0 fully saturated rings. The average molecular weight is 272 g/mol. The summed E-state index contributed by atoms with van der Waals surface area (Å²) in [6.45, 7) is 6.55. The molecule has 1 aromatic heterocycles. The molecule has 0 atom stereocenters. The normalized spacial score (nSPS) is 14.6. The Hall–Kier alpha value is -1.75. The van der Waals surface area contributed by atoms with Crippen molar-refractivity contribution in [3.63, 3.8) is 0 Å². The molecule has 0 radical (unpaired) electrons. The lowest BCUT2D eigenvalue weighted by Gasteiger charge is -2.28. The van der Waals surface area contributed by atoms with Crippen molar-refractivity contribution in [2.75, 3.05) is 5.43 Å². The topological polar surface area (TPSA) is 42.7 Å². The number of benzene rings is 1. The minimum atomic E-state index is 0.0723. The first-order chi connectivity index (χ1) is 9.05. The van der Waals surface area contributed by atoms with Gasteiger partial charge < -0.3 is 0 Å². The van der Waals surface area contributed by atoms with E-state index in [-0.39, 0.29) is 5.41 Å². The van der Waals surface area contributed by atoms with Crippen molar-refractivity contribution in [2.45, 2.75) is 25.9 Å². The van der Waals surface area contributed by atoms with E-state index >= 15 is 0 Å². The monoisotopic (exact) mass is 272 g/mol. The zero-order valence-electron chi connectivity index (χ0n) is 11.2. The van der Waals surface area contributed by atoms with Crippen LogP contribution in [0.2, 0.25) is 0 Å². The van der Waals surface area contributed by atoms with Crippen molar-refractivity contribution in [2.24, 2.45) is 5.41 Å². The van der Waals surface area contributed by atoms with Gasteiger partial charge in [0.25, 0.3) is 0 Å². The van der Waals surface area contributed by atoms with E-state index in [9.17, 15) is 0 Å². The van der Waals surface area contributed by atoms with Crippen LogP contribution in [0.25, 0.3) is 11.4 Å². The van der Waals surface area contributed by atoms with Crippen LogP contribution in [0.1, 0.15) is 20.8 Å². The van der Waals surface area contributed by atoms with Gasteiger partial charge >= 0.3 is 0 Å². The molecule has 2 heterocycles. The van der Waals surface area contributed by atoms with Crippen LogP contribution in [0.5, 0.6) is 0 Å². The number of hydrogen-bond acceptors (Lipinski definition) is 4. The number of allylic oxidation sites excluding steroid dienone is 1. The van der Waals surface area contributed by atoms with Gasteiger partial charge in [-0.05, 0) is 0 Å². The Balaban J connectivity index is 2.01. The zero-order valence-corrected chi connectivity index (χ0v) is 12.0. The van der Waals surface area contributed by atoms with Gasteiger partial charge in [0.2, 0.25) is 5.16 Å². The van der Waals surface area contributed by atoms with Gasteiger partial charge in [0, 0.05) is 22.1 Å². The van der Waals surface area contributed by atoms with Crippen LogP contribution in [-0.2, 0) is 0 Å². The van der Waals surface area contributed by atoms with Crippen LogP contribution >= 0.6 is 11.8 Å². The first kappa shape index (κ1) is 12.3. The minimum absolute atomic E-state index is 0.0723. The Kier molecular flexibility index (Phi) is 2.86. The van der Waals surface area contributed by atoms with Gasteiger partial charge in [0.05, 0.1) is 0 Å². The molecular formula is C14H16N4S. The summed E-state index contributed by atoms with van der Waals surface area (Å²) in [5.74, 6) is 0.845. The zero-order chi connectivity index (χ0) is 13.5. The minimum Gasteiger partial charge on any atom is -0.293 e. The van der Waals surface area contributed by atoms with Gasteiger partial charge in [0.15, 0.2) is 5.82 Å². The second-order valence-corrected chi connectivity index (χ2v) is 6.36. The van der Waals surface area contributed by atoms with Crippen LogP contribution in [-0.4, -0.2) is 14.9 Å². The molecule has 0 unspecified atom stereocenters. The molecule has 0 aliphatic carbocycles. The molecule has 2 aromatic rings. The third-order valence-electron chi connectivity index (χ3n) is 2.99. The molecule has 0 saturated carbocycles. The fraction of sp³-hybridized carbons (Fsp3) is 0.286. The number of nitrogens with zero attached hydrogens (tertiary/aromatic N) is 3. The maximum Gasteiger partial charge on any atom is 0.214 e. The van der Waals surface area contributed by atoms with Gasteiger partial charge in [-0.25, -0.2) is 4.68 Å². The van der Waals surface area contributed by atoms with E-state index in [2.05, 4.69) is 41.8 Å². The lowest BCUT2D eigenvalue weighted by Crippen LogP contribution is -2.27. The Morgan fingerprint density at radius 1 is 1.11 bits per heavy atom. The van der Waals surface area contributed by atoms with Crippen molar-refractivity contribution in [3.8, 4) is 11.4 Å². The standard InChI is InChI=1S/C14H16N4S/c1-14(2,3)11-9-19-13-16-15-12(18(13)17-11)10-7-5-4-6-8-10/h4-9,17H,1-3H3. The number of hydrogen-bond donors (Lipinski definition) is 1. The van der Waals surface area contributed by atoms with Gasteiger partial charge in [-0.15, -0.1) is 10.2 Å². The van der Waals surface area contributed by atoms with Crippen molar-refractivity contribution in [1.82, 2.24) is 14.9 Å². The SMILES string of the molecule is CC(C)(C)C1=CSc2nnc(-c3ccccc3)n2N1. The molecule has 98 valence electrons. The molecule has 4 nitrogen and oxygen atoms in total. The Morgan fingerprint density at radius 2 is 1.84 bits per heavy atom. The summed E-state index contributed by atoms with van der Waals surface area (Å²) in [5, 5.41) is 11.5. The Labute approximate surface area is 116 Å². The fourth-order valence-corrected chi connectivity index (χ4v) is 2.78. The predicted octanol–water partition coefficient (Wildman–Crippen LogP) is 3.48. The second kappa shape index (κ2) is 4.42.